The average molecular weight is 364 g/mol. The molecule has 1 aliphatic carbocycles. The summed E-state index contributed by atoms with van der Waals surface area (Å²) < 4.78 is 32.6. The quantitative estimate of drug-likeness (QED) is 0.211. The van der Waals surface area contributed by atoms with E-state index < -0.39 is 44.5 Å². The number of carbonyl (C=O) groups excluding carboxylic acids is 1. The fourth-order valence-corrected chi connectivity index (χ4v) is 2.26. The first-order valence-electron chi connectivity index (χ1n) is 6.83. The largest absolute Gasteiger partial charge is 0.506 e. The van der Waals surface area contributed by atoms with Crippen LogP contribution in [0.5, 0.6) is 0 Å². The molecule has 1 saturated carbocycles. The third kappa shape index (κ3) is 4.00. The van der Waals surface area contributed by atoms with Crippen molar-refractivity contribution >= 4 is 41.1 Å². The van der Waals surface area contributed by atoms with Crippen LogP contribution in [0.2, 0.25) is 10.0 Å². The lowest BCUT2D eigenvalue weighted by molar-refractivity contribution is -0.137. The van der Waals surface area contributed by atoms with Crippen molar-refractivity contribution in [3.05, 3.63) is 38.9 Å². The van der Waals surface area contributed by atoms with Crippen LogP contribution in [-0.4, -0.2) is 29.9 Å². The number of carbonyl (C=O) groups is 1. The number of aliphatic hydroxyl groups is 1. The summed E-state index contributed by atoms with van der Waals surface area (Å²) in [7, 11) is 0. The first kappa shape index (κ1) is 17.7. The number of rotatable bonds is 5. The van der Waals surface area contributed by atoms with Crippen LogP contribution in [0.4, 0.5) is 8.78 Å². The van der Waals surface area contributed by atoms with E-state index in [0.29, 0.717) is 6.07 Å². The Balaban J connectivity index is 2.57. The number of hydrogen-bond acceptors (Lipinski definition) is 4. The second kappa shape index (κ2) is 7.27. The number of ether oxygens (including phenoxy) is 1. The molecule has 1 N–H and O–H groups in total. The normalized spacial score (nSPS) is 15.7. The van der Waals surface area contributed by atoms with Gasteiger partial charge in [-0.25, -0.2) is 13.6 Å². The predicted molar refractivity (Wildman–Crippen MR) is 84.1 cm³/mol. The molecule has 1 aromatic carbocycles. The Morgan fingerprint density at radius 1 is 1.48 bits per heavy atom. The molecule has 1 aliphatic rings. The summed E-state index contributed by atoms with van der Waals surface area (Å²) in [6, 6.07) is 0.712. The van der Waals surface area contributed by atoms with Gasteiger partial charge in [0.1, 0.15) is 17.1 Å². The summed E-state index contributed by atoms with van der Waals surface area (Å²) in [6.07, 6.45) is 2.81. The maximum atomic E-state index is 14.0. The van der Waals surface area contributed by atoms with Crippen LogP contribution in [0.25, 0.3) is 5.76 Å². The summed E-state index contributed by atoms with van der Waals surface area (Å²) in [6.45, 7) is 1.61. The second-order valence-electron chi connectivity index (χ2n) is 4.84. The smallest absolute Gasteiger partial charge is 0.343 e. The fraction of sp³-hybridized carbons (Fsp3) is 0.333. The van der Waals surface area contributed by atoms with E-state index in [2.05, 4.69) is 4.99 Å². The van der Waals surface area contributed by atoms with E-state index in [-0.39, 0.29) is 12.6 Å². The molecule has 1 fully saturated rings. The Labute approximate surface area is 141 Å². The van der Waals surface area contributed by atoms with Crippen LogP contribution in [0, 0.1) is 11.6 Å². The molecule has 8 heteroatoms. The van der Waals surface area contributed by atoms with Gasteiger partial charge in [-0.15, -0.1) is 0 Å². The van der Waals surface area contributed by atoms with Crippen LogP contribution in [0.1, 0.15) is 25.3 Å². The fourth-order valence-electron chi connectivity index (χ4n) is 1.74. The summed E-state index contributed by atoms with van der Waals surface area (Å²) in [5.41, 5.74) is -1.07. The zero-order chi connectivity index (χ0) is 17.1. The highest BCUT2D eigenvalue weighted by molar-refractivity contribution is 6.36. The van der Waals surface area contributed by atoms with E-state index >= 15 is 0 Å². The molecule has 124 valence electrons. The van der Waals surface area contributed by atoms with Crippen LogP contribution < -0.4 is 0 Å². The van der Waals surface area contributed by atoms with Crippen molar-refractivity contribution in [2.45, 2.75) is 25.8 Å². The van der Waals surface area contributed by atoms with Gasteiger partial charge in [0.2, 0.25) is 0 Å². The van der Waals surface area contributed by atoms with Crippen molar-refractivity contribution in [3.8, 4) is 0 Å². The molecule has 0 radical (unpaired) electrons. The Kier molecular flexibility index (Phi) is 5.59. The van der Waals surface area contributed by atoms with E-state index in [1.54, 1.807) is 6.92 Å². The Morgan fingerprint density at radius 2 is 2.13 bits per heavy atom. The molecule has 0 unspecified atom stereocenters. The van der Waals surface area contributed by atoms with E-state index in [4.69, 9.17) is 27.9 Å². The monoisotopic (exact) mass is 363 g/mol. The molecule has 0 heterocycles. The van der Waals surface area contributed by atoms with Crippen molar-refractivity contribution in [2.75, 3.05) is 6.61 Å². The first-order valence-corrected chi connectivity index (χ1v) is 7.59. The first-order chi connectivity index (χ1) is 10.9. The predicted octanol–water partition coefficient (Wildman–Crippen LogP) is 4.34. The minimum absolute atomic E-state index is 0.0398. The van der Waals surface area contributed by atoms with Gasteiger partial charge in [-0.1, -0.05) is 23.2 Å². The van der Waals surface area contributed by atoms with E-state index in [0.717, 1.165) is 19.1 Å². The van der Waals surface area contributed by atoms with Crippen molar-refractivity contribution in [2.24, 2.45) is 4.99 Å². The van der Waals surface area contributed by atoms with Gasteiger partial charge in [-0.05, 0) is 25.8 Å². The zero-order valence-corrected chi connectivity index (χ0v) is 13.6. The Morgan fingerprint density at radius 3 is 2.70 bits per heavy atom. The van der Waals surface area contributed by atoms with Gasteiger partial charge in [0, 0.05) is 6.21 Å². The molecule has 0 atom stereocenters. The molecule has 0 bridgehead atoms. The molecule has 23 heavy (non-hydrogen) atoms. The minimum Gasteiger partial charge on any atom is -0.506 e. The Hall–Kier alpha value is -1.66. The molecular formula is C15H13Cl2F2NO3. The topological polar surface area (TPSA) is 58.9 Å². The number of hydrogen-bond donors (Lipinski definition) is 1. The number of benzene rings is 1. The molecule has 0 spiro atoms. The third-order valence-electron chi connectivity index (χ3n) is 3.06. The SMILES string of the molecule is CCOC(=O)C(C=NC1CC1)=C(O)c1c(F)cc(Cl)c(F)c1Cl. The van der Waals surface area contributed by atoms with Crippen LogP contribution in [0.3, 0.4) is 0 Å². The Bertz CT molecular complexity index is 700. The highest BCUT2D eigenvalue weighted by Crippen LogP contribution is 2.34. The summed E-state index contributed by atoms with van der Waals surface area (Å²) >= 11 is 11.2. The maximum absolute atomic E-state index is 14.0. The number of nitrogens with zero attached hydrogens (tertiary/aromatic N) is 1. The van der Waals surface area contributed by atoms with Crippen molar-refractivity contribution < 1.29 is 23.4 Å². The molecular weight excluding hydrogens is 351 g/mol. The van der Waals surface area contributed by atoms with E-state index in [9.17, 15) is 18.7 Å². The lowest BCUT2D eigenvalue weighted by Crippen LogP contribution is -2.12. The molecule has 0 aromatic heterocycles. The van der Waals surface area contributed by atoms with Crippen molar-refractivity contribution in [1.82, 2.24) is 0 Å². The number of esters is 1. The average Bonchev–Trinajstić information content (AvgIpc) is 3.29. The van der Waals surface area contributed by atoms with E-state index in [1.165, 1.54) is 0 Å². The highest BCUT2D eigenvalue weighted by atomic mass is 35.5. The second-order valence-corrected chi connectivity index (χ2v) is 5.62. The van der Waals surface area contributed by atoms with Gasteiger partial charge in [0.15, 0.2) is 5.82 Å². The van der Waals surface area contributed by atoms with Crippen LogP contribution >= 0.6 is 23.2 Å². The molecule has 0 amide bonds. The third-order valence-corrected chi connectivity index (χ3v) is 3.69. The summed E-state index contributed by atoms with van der Waals surface area (Å²) in [5.74, 6) is -3.94. The lowest BCUT2D eigenvalue weighted by atomic mass is 10.1. The summed E-state index contributed by atoms with van der Waals surface area (Å²) in [5, 5.41) is 8.98. The molecule has 4 nitrogen and oxygen atoms in total. The van der Waals surface area contributed by atoms with Crippen LogP contribution in [0.15, 0.2) is 16.6 Å². The zero-order valence-electron chi connectivity index (χ0n) is 12.1. The molecule has 1 aromatic rings. The molecule has 2 rings (SSSR count). The molecule has 0 saturated heterocycles. The van der Waals surface area contributed by atoms with E-state index in [1.807, 2.05) is 0 Å². The number of aliphatic imine (C=N–C) groups is 1. The van der Waals surface area contributed by atoms with Crippen molar-refractivity contribution in [3.63, 3.8) is 0 Å². The van der Waals surface area contributed by atoms with Gasteiger partial charge >= 0.3 is 5.97 Å². The maximum Gasteiger partial charge on any atom is 0.343 e. The molecule has 0 aliphatic heterocycles. The van der Waals surface area contributed by atoms with Gasteiger partial charge in [-0.3, -0.25) is 4.99 Å². The van der Waals surface area contributed by atoms with Crippen molar-refractivity contribution in [1.29, 1.82) is 0 Å². The number of aliphatic hydroxyl groups excluding tert-OH is 1. The van der Waals surface area contributed by atoms with Gasteiger partial charge < -0.3 is 9.84 Å². The highest BCUT2D eigenvalue weighted by Gasteiger charge is 2.26. The minimum atomic E-state index is -1.10. The van der Waals surface area contributed by atoms with Gasteiger partial charge in [0.25, 0.3) is 0 Å². The van der Waals surface area contributed by atoms with Gasteiger partial charge in [-0.2, -0.15) is 0 Å². The van der Waals surface area contributed by atoms with Crippen LogP contribution in [-0.2, 0) is 9.53 Å². The lowest BCUT2D eigenvalue weighted by Gasteiger charge is -2.10. The van der Waals surface area contributed by atoms with Gasteiger partial charge in [0.05, 0.1) is 28.3 Å². The summed E-state index contributed by atoms with van der Waals surface area (Å²) in [4.78, 5) is 16.0. The standard InChI is InChI=1S/C15H13Cl2F2NO3/c1-2-23-15(22)8(6-20-7-3-4-7)14(21)11-10(18)5-9(16)13(19)12(11)17/h5-7,21H,2-4H2,1H3. The number of halogens is 4.